The van der Waals surface area contributed by atoms with Gasteiger partial charge in [-0.25, -0.2) is 4.98 Å². The highest BCUT2D eigenvalue weighted by Gasteiger charge is 2.20. The number of fused-ring (bicyclic) bond motifs is 1. The summed E-state index contributed by atoms with van der Waals surface area (Å²) in [6.45, 7) is 1.99. The largest absolute Gasteiger partial charge is 0.493 e. The van der Waals surface area contributed by atoms with Crippen molar-refractivity contribution in [3.05, 3.63) is 65.0 Å². The van der Waals surface area contributed by atoms with Crippen LogP contribution in [0.15, 0.2) is 53.9 Å². The molecule has 0 saturated heterocycles. The lowest BCUT2D eigenvalue weighted by molar-refractivity contribution is 0.102. The molecule has 0 fully saturated rings. The summed E-state index contributed by atoms with van der Waals surface area (Å²) in [5, 5.41) is 5.74. The Morgan fingerprint density at radius 3 is 2.45 bits per heavy atom. The third kappa shape index (κ3) is 3.92. The van der Waals surface area contributed by atoms with Gasteiger partial charge in [-0.1, -0.05) is 17.7 Å². The fourth-order valence-corrected chi connectivity index (χ4v) is 4.15. The van der Waals surface area contributed by atoms with Crippen molar-refractivity contribution in [2.24, 2.45) is 0 Å². The second-order valence-electron chi connectivity index (χ2n) is 6.89. The van der Waals surface area contributed by atoms with Crippen molar-refractivity contribution in [3.8, 4) is 27.8 Å². The van der Waals surface area contributed by atoms with Crippen LogP contribution in [-0.4, -0.2) is 32.2 Å². The van der Waals surface area contributed by atoms with Gasteiger partial charge in [-0.2, -0.15) is 0 Å². The van der Waals surface area contributed by atoms with Crippen molar-refractivity contribution in [1.29, 1.82) is 0 Å². The van der Waals surface area contributed by atoms with E-state index in [1.165, 1.54) is 14.2 Å². The van der Waals surface area contributed by atoms with E-state index in [2.05, 4.69) is 5.32 Å². The summed E-state index contributed by atoms with van der Waals surface area (Å²) in [7, 11) is 4.60. The minimum atomic E-state index is -0.263. The second-order valence-corrected chi connectivity index (χ2v) is 7.84. The smallest absolute Gasteiger partial charge is 0.256 e. The zero-order valence-electron chi connectivity index (χ0n) is 17.7. The number of nitrogens with one attached hydrogen (secondary N) is 1. The number of carbonyl (C=O) groups excluding carboxylic acids is 1. The Hall–Kier alpha value is -3.58. The van der Waals surface area contributed by atoms with E-state index in [0.717, 1.165) is 27.0 Å². The van der Waals surface area contributed by atoms with Crippen LogP contribution in [0.1, 0.15) is 15.9 Å². The molecule has 0 atom stereocenters. The Bertz CT molecular complexity index is 1250. The Kier molecular flexibility index (Phi) is 5.77. The molecule has 1 N–H and O–H groups in total. The molecule has 6 nitrogen and oxygen atoms in total. The van der Waals surface area contributed by atoms with Crippen LogP contribution in [-0.2, 0) is 0 Å². The van der Waals surface area contributed by atoms with Crippen molar-refractivity contribution in [2.45, 2.75) is 6.92 Å². The molecule has 158 valence electrons. The Morgan fingerprint density at radius 2 is 1.77 bits per heavy atom. The lowest BCUT2D eigenvalue weighted by Gasteiger charge is -2.17. The number of aromatic nitrogens is 1. The maximum atomic E-state index is 13.4. The highest BCUT2D eigenvalue weighted by molar-refractivity contribution is 7.13. The first-order valence-electron chi connectivity index (χ1n) is 9.61. The number of nitrogens with zero attached hydrogens (tertiary/aromatic N) is 1. The summed E-state index contributed by atoms with van der Waals surface area (Å²) in [5.41, 5.74) is 3.60. The van der Waals surface area contributed by atoms with Gasteiger partial charge in [-0.15, -0.1) is 11.3 Å². The summed E-state index contributed by atoms with van der Waals surface area (Å²) in [6, 6.07) is 15.1. The molecule has 0 aliphatic rings. The van der Waals surface area contributed by atoms with E-state index in [1.54, 1.807) is 30.6 Å². The molecular weight excluding hydrogens is 412 g/mol. The predicted molar refractivity (Wildman–Crippen MR) is 124 cm³/mol. The minimum absolute atomic E-state index is 0.263. The van der Waals surface area contributed by atoms with Gasteiger partial charge < -0.3 is 19.5 Å². The first-order chi connectivity index (χ1) is 15.0. The van der Waals surface area contributed by atoms with E-state index in [4.69, 9.17) is 19.2 Å². The van der Waals surface area contributed by atoms with E-state index < -0.39 is 0 Å². The number of hydrogen-bond donors (Lipinski definition) is 1. The number of carbonyl (C=O) groups is 1. The number of hydrogen-bond acceptors (Lipinski definition) is 6. The van der Waals surface area contributed by atoms with Gasteiger partial charge in [0.25, 0.3) is 5.91 Å². The second kappa shape index (κ2) is 8.65. The predicted octanol–water partition coefficient (Wildman–Crippen LogP) is 5.55. The van der Waals surface area contributed by atoms with Gasteiger partial charge in [0.2, 0.25) is 5.75 Å². The number of anilines is 1. The molecule has 0 unspecified atom stereocenters. The molecule has 0 aliphatic carbocycles. The fourth-order valence-electron chi connectivity index (χ4n) is 3.47. The molecule has 31 heavy (non-hydrogen) atoms. The molecule has 2 aromatic carbocycles. The molecule has 0 spiro atoms. The van der Waals surface area contributed by atoms with Crippen LogP contribution in [0, 0.1) is 6.92 Å². The minimum Gasteiger partial charge on any atom is -0.493 e. The number of rotatable bonds is 6. The number of ether oxygens (including phenoxy) is 3. The Labute approximate surface area is 184 Å². The summed E-state index contributed by atoms with van der Waals surface area (Å²) in [6.07, 6.45) is 0. The molecule has 2 aromatic heterocycles. The molecular formula is C24H22N2O4S. The normalized spacial score (nSPS) is 10.7. The zero-order valence-corrected chi connectivity index (χ0v) is 18.5. The monoisotopic (exact) mass is 434 g/mol. The van der Waals surface area contributed by atoms with Crippen molar-refractivity contribution in [3.63, 3.8) is 0 Å². The molecule has 0 aliphatic heterocycles. The standard InChI is InChI=1S/C24H22N2O4S/c1-14-7-8-17-15(12-14)16(13-19(25-17)21-6-5-11-31-21)24(27)26-18-9-10-20(28-2)23(30-4)22(18)29-3/h5-13H,1-4H3,(H,26,27). The van der Waals surface area contributed by atoms with E-state index in [-0.39, 0.29) is 5.91 Å². The molecule has 0 radical (unpaired) electrons. The molecule has 1 amide bonds. The quantitative estimate of drug-likeness (QED) is 0.431. The Morgan fingerprint density at radius 1 is 0.968 bits per heavy atom. The average Bonchev–Trinajstić information content (AvgIpc) is 3.32. The summed E-state index contributed by atoms with van der Waals surface area (Å²) in [5.74, 6) is 1.06. The lowest BCUT2D eigenvalue weighted by Crippen LogP contribution is -2.14. The van der Waals surface area contributed by atoms with Crippen molar-refractivity contribution in [1.82, 2.24) is 4.98 Å². The number of thiophene rings is 1. The maximum Gasteiger partial charge on any atom is 0.256 e. The topological polar surface area (TPSA) is 69.7 Å². The molecule has 4 rings (SSSR count). The number of pyridine rings is 1. The number of amides is 1. The van der Waals surface area contributed by atoms with Crippen molar-refractivity contribution < 1.29 is 19.0 Å². The molecule has 7 heteroatoms. The Balaban J connectivity index is 1.82. The third-order valence-corrected chi connectivity index (χ3v) is 5.83. The van der Waals surface area contributed by atoms with E-state index in [0.29, 0.717) is 28.5 Å². The van der Waals surface area contributed by atoms with Gasteiger partial charge in [-0.05, 0) is 48.7 Å². The molecule has 4 aromatic rings. The van der Waals surface area contributed by atoms with Gasteiger partial charge in [0.1, 0.15) is 0 Å². The molecule has 0 saturated carbocycles. The van der Waals surface area contributed by atoms with Crippen molar-refractivity contribution in [2.75, 3.05) is 26.6 Å². The van der Waals surface area contributed by atoms with Crippen molar-refractivity contribution >= 4 is 33.8 Å². The number of benzene rings is 2. The van der Waals surface area contributed by atoms with E-state index in [9.17, 15) is 4.79 Å². The van der Waals surface area contributed by atoms with Crippen LogP contribution < -0.4 is 19.5 Å². The first kappa shape index (κ1) is 20.7. The van der Waals surface area contributed by atoms with Crippen LogP contribution in [0.4, 0.5) is 5.69 Å². The lowest BCUT2D eigenvalue weighted by atomic mass is 10.0. The van der Waals surface area contributed by atoms with Crippen LogP contribution in [0.3, 0.4) is 0 Å². The van der Waals surface area contributed by atoms with Gasteiger partial charge in [0.15, 0.2) is 11.5 Å². The number of methoxy groups -OCH3 is 3. The highest BCUT2D eigenvalue weighted by Crippen LogP contribution is 2.43. The van der Waals surface area contributed by atoms with Gasteiger partial charge in [0.05, 0.1) is 48.7 Å². The third-order valence-electron chi connectivity index (χ3n) is 4.93. The summed E-state index contributed by atoms with van der Waals surface area (Å²) in [4.78, 5) is 19.2. The summed E-state index contributed by atoms with van der Waals surface area (Å²) >= 11 is 1.58. The van der Waals surface area contributed by atoms with Crippen LogP contribution in [0.2, 0.25) is 0 Å². The van der Waals surface area contributed by atoms with Gasteiger partial charge in [-0.3, -0.25) is 4.79 Å². The first-order valence-corrected chi connectivity index (χ1v) is 10.5. The van der Waals surface area contributed by atoms with Crippen LogP contribution in [0.5, 0.6) is 17.2 Å². The highest BCUT2D eigenvalue weighted by atomic mass is 32.1. The van der Waals surface area contributed by atoms with Crippen LogP contribution in [0.25, 0.3) is 21.5 Å². The van der Waals surface area contributed by atoms with Gasteiger partial charge in [0, 0.05) is 5.39 Å². The van der Waals surface area contributed by atoms with E-state index >= 15 is 0 Å². The number of aryl methyl sites for hydroxylation is 1. The fraction of sp³-hybridized carbons (Fsp3) is 0.167. The van der Waals surface area contributed by atoms with Gasteiger partial charge >= 0.3 is 0 Å². The van der Waals surface area contributed by atoms with Crippen LogP contribution >= 0.6 is 11.3 Å². The summed E-state index contributed by atoms with van der Waals surface area (Å²) < 4.78 is 16.3. The molecule has 0 bridgehead atoms. The molecule has 2 heterocycles. The zero-order chi connectivity index (χ0) is 22.0. The average molecular weight is 435 g/mol. The van der Waals surface area contributed by atoms with E-state index in [1.807, 2.05) is 48.7 Å². The maximum absolute atomic E-state index is 13.4. The SMILES string of the molecule is COc1ccc(NC(=O)c2cc(-c3cccs3)nc3ccc(C)cc23)c(OC)c1OC.